The van der Waals surface area contributed by atoms with Crippen molar-refractivity contribution < 1.29 is 9.59 Å². The SMILES string of the molecule is CNC(=O)c1ccccc1C(=O)NCC=C(C)CCC=C(C)CCC=C(C)C. The van der Waals surface area contributed by atoms with Gasteiger partial charge >= 0.3 is 0 Å². The van der Waals surface area contributed by atoms with Crippen molar-refractivity contribution in [2.24, 2.45) is 0 Å². The van der Waals surface area contributed by atoms with E-state index in [0.29, 0.717) is 17.7 Å². The molecule has 0 bridgehead atoms. The second-order valence-corrected chi connectivity index (χ2v) is 7.29. The fourth-order valence-corrected chi connectivity index (χ4v) is 2.77. The van der Waals surface area contributed by atoms with Gasteiger partial charge in [0.05, 0.1) is 11.1 Å². The van der Waals surface area contributed by atoms with Gasteiger partial charge in [-0.1, -0.05) is 47.1 Å². The van der Waals surface area contributed by atoms with Crippen LogP contribution in [-0.2, 0) is 0 Å². The Hall–Kier alpha value is -2.62. The Balaban J connectivity index is 2.47. The van der Waals surface area contributed by atoms with E-state index in [1.54, 1.807) is 31.3 Å². The van der Waals surface area contributed by atoms with Crippen LogP contribution in [0.2, 0.25) is 0 Å². The second-order valence-electron chi connectivity index (χ2n) is 7.29. The fourth-order valence-electron chi connectivity index (χ4n) is 2.77. The zero-order chi connectivity index (χ0) is 20.9. The Bertz CT molecular complexity index is 754. The van der Waals surface area contributed by atoms with Crippen molar-refractivity contribution in [3.8, 4) is 0 Å². The molecule has 0 spiro atoms. The minimum Gasteiger partial charge on any atom is -0.355 e. The summed E-state index contributed by atoms with van der Waals surface area (Å²) in [4.78, 5) is 24.3. The van der Waals surface area contributed by atoms with Gasteiger partial charge in [-0.3, -0.25) is 9.59 Å². The number of nitrogens with one attached hydrogen (secondary N) is 2. The summed E-state index contributed by atoms with van der Waals surface area (Å²) in [5, 5.41) is 5.43. The maximum Gasteiger partial charge on any atom is 0.252 e. The minimum atomic E-state index is -0.260. The summed E-state index contributed by atoms with van der Waals surface area (Å²) in [6.45, 7) is 8.97. The maximum atomic E-state index is 12.4. The van der Waals surface area contributed by atoms with Gasteiger partial charge in [0.1, 0.15) is 0 Å². The molecule has 4 heteroatoms. The monoisotopic (exact) mass is 382 g/mol. The van der Waals surface area contributed by atoms with Crippen LogP contribution in [0.3, 0.4) is 0 Å². The molecule has 0 unspecified atom stereocenters. The smallest absolute Gasteiger partial charge is 0.252 e. The molecule has 1 aromatic rings. The molecule has 0 aliphatic carbocycles. The predicted molar refractivity (Wildman–Crippen MR) is 118 cm³/mol. The van der Waals surface area contributed by atoms with Crippen LogP contribution in [0.25, 0.3) is 0 Å². The maximum absolute atomic E-state index is 12.4. The van der Waals surface area contributed by atoms with Gasteiger partial charge in [-0.2, -0.15) is 0 Å². The first-order chi connectivity index (χ1) is 13.3. The average Bonchev–Trinajstić information content (AvgIpc) is 2.67. The molecule has 0 radical (unpaired) electrons. The highest BCUT2D eigenvalue weighted by molar-refractivity contribution is 6.07. The number of hydrogen-bond donors (Lipinski definition) is 2. The highest BCUT2D eigenvalue weighted by atomic mass is 16.2. The third kappa shape index (κ3) is 8.85. The molecule has 0 aliphatic rings. The summed E-state index contributed by atoms with van der Waals surface area (Å²) in [6.07, 6.45) is 10.8. The first-order valence-electron chi connectivity index (χ1n) is 9.89. The molecule has 2 N–H and O–H groups in total. The van der Waals surface area contributed by atoms with Crippen molar-refractivity contribution in [3.63, 3.8) is 0 Å². The van der Waals surface area contributed by atoms with E-state index in [-0.39, 0.29) is 11.8 Å². The number of carbonyl (C=O) groups excluding carboxylic acids is 2. The van der Waals surface area contributed by atoms with E-state index in [4.69, 9.17) is 0 Å². The zero-order valence-corrected chi connectivity index (χ0v) is 17.9. The lowest BCUT2D eigenvalue weighted by atomic mass is 10.1. The molecule has 28 heavy (non-hydrogen) atoms. The van der Waals surface area contributed by atoms with E-state index in [0.717, 1.165) is 25.7 Å². The van der Waals surface area contributed by atoms with Crippen LogP contribution in [0.5, 0.6) is 0 Å². The van der Waals surface area contributed by atoms with E-state index >= 15 is 0 Å². The van der Waals surface area contributed by atoms with Crippen LogP contribution >= 0.6 is 0 Å². The van der Waals surface area contributed by atoms with E-state index in [2.05, 4.69) is 50.5 Å². The highest BCUT2D eigenvalue weighted by Gasteiger charge is 2.14. The quantitative estimate of drug-likeness (QED) is 0.547. The Morgan fingerprint density at radius 1 is 0.821 bits per heavy atom. The summed E-state index contributed by atoms with van der Waals surface area (Å²) in [7, 11) is 1.56. The summed E-state index contributed by atoms with van der Waals surface area (Å²) in [5.74, 6) is -0.498. The Morgan fingerprint density at radius 3 is 1.93 bits per heavy atom. The van der Waals surface area contributed by atoms with Gasteiger partial charge in [0.15, 0.2) is 0 Å². The molecular weight excluding hydrogens is 348 g/mol. The zero-order valence-electron chi connectivity index (χ0n) is 17.9. The molecule has 152 valence electrons. The normalized spacial score (nSPS) is 11.8. The topological polar surface area (TPSA) is 58.2 Å². The Morgan fingerprint density at radius 2 is 1.36 bits per heavy atom. The molecule has 0 aliphatic heterocycles. The van der Waals surface area contributed by atoms with Crippen LogP contribution < -0.4 is 10.6 Å². The number of carbonyl (C=O) groups is 2. The van der Waals surface area contributed by atoms with Crippen molar-refractivity contribution in [1.29, 1.82) is 0 Å². The van der Waals surface area contributed by atoms with Crippen LogP contribution in [0.4, 0.5) is 0 Å². The molecule has 0 aromatic heterocycles. The van der Waals surface area contributed by atoms with E-state index in [1.165, 1.54) is 16.7 Å². The van der Waals surface area contributed by atoms with E-state index in [9.17, 15) is 9.59 Å². The fraction of sp³-hybridized carbons (Fsp3) is 0.417. The largest absolute Gasteiger partial charge is 0.355 e. The Kier molecular flexibility index (Phi) is 10.6. The van der Waals surface area contributed by atoms with Crippen LogP contribution in [0.15, 0.2) is 59.2 Å². The molecule has 0 fully saturated rings. The number of hydrogen-bond acceptors (Lipinski definition) is 2. The molecule has 0 saturated heterocycles. The van der Waals surface area contributed by atoms with Gasteiger partial charge < -0.3 is 10.6 Å². The summed E-state index contributed by atoms with van der Waals surface area (Å²) < 4.78 is 0. The number of rotatable bonds is 10. The first kappa shape index (κ1) is 23.4. The molecule has 0 atom stereocenters. The van der Waals surface area contributed by atoms with Crippen molar-refractivity contribution >= 4 is 11.8 Å². The molecule has 1 aromatic carbocycles. The molecule has 0 saturated carbocycles. The summed E-state index contributed by atoms with van der Waals surface area (Å²) >= 11 is 0. The van der Waals surface area contributed by atoms with Gasteiger partial charge in [0, 0.05) is 13.6 Å². The number of allylic oxidation sites excluding steroid dienone is 5. The van der Waals surface area contributed by atoms with E-state index in [1.807, 2.05) is 6.08 Å². The van der Waals surface area contributed by atoms with E-state index < -0.39 is 0 Å². The molecular formula is C24H34N2O2. The van der Waals surface area contributed by atoms with Crippen LogP contribution in [0, 0.1) is 0 Å². The third-order valence-corrected chi connectivity index (χ3v) is 4.48. The van der Waals surface area contributed by atoms with Gasteiger partial charge in [-0.25, -0.2) is 0 Å². The number of benzene rings is 1. The molecule has 1 rings (SSSR count). The van der Waals surface area contributed by atoms with Gasteiger partial charge in [0.2, 0.25) is 0 Å². The lowest BCUT2D eigenvalue weighted by Gasteiger charge is -2.08. The minimum absolute atomic E-state index is 0.238. The average molecular weight is 383 g/mol. The third-order valence-electron chi connectivity index (χ3n) is 4.48. The van der Waals surface area contributed by atoms with Crippen LogP contribution in [-0.4, -0.2) is 25.4 Å². The molecule has 2 amide bonds. The lowest BCUT2D eigenvalue weighted by Crippen LogP contribution is -2.28. The van der Waals surface area contributed by atoms with Crippen molar-refractivity contribution in [2.75, 3.05) is 13.6 Å². The standard InChI is InChI=1S/C24H34N2O2/c1-18(2)10-8-11-19(3)12-9-13-20(4)16-17-26-24(28)22-15-7-6-14-21(22)23(27)25-5/h6-7,10,12,14-16H,8-9,11,13,17H2,1-5H3,(H,25,27)(H,26,28). The van der Waals surface area contributed by atoms with Crippen molar-refractivity contribution in [3.05, 3.63) is 70.3 Å². The molecule has 0 heterocycles. The summed E-state index contributed by atoms with van der Waals surface area (Å²) in [5.41, 5.74) is 4.81. The van der Waals surface area contributed by atoms with Gasteiger partial charge in [-0.15, -0.1) is 0 Å². The predicted octanol–water partition coefficient (Wildman–Crippen LogP) is 5.20. The van der Waals surface area contributed by atoms with Gasteiger partial charge in [0.25, 0.3) is 11.8 Å². The highest BCUT2D eigenvalue weighted by Crippen LogP contribution is 2.12. The molecule has 4 nitrogen and oxygen atoms in total. The first-order valence-corrected chi connectivity index (χ1v) is 9.89. The second kappa shape index (κ2) is 12.7. The lowest BCUT2D eigenvalue weighted by molar-refractivity contribution is 0.0926. The number of amides is 2. The Labute approximate surface area is 169 Å². The van der Waals surface area contributed by atoms with Gasteiger partial charge in [-0.05, 0) is 65.5 Å². The van der Waals surface area contributed by atoms with Crippen LogP contribution in [0.1, 0.15) is 74.1 Å². The summed E-state index contributed by atoms with van der Waals surface area (Å²) in [6, 6.07) is 6.83. The van der Waals surface area contributed by atoms with Crippen molar-refractivity contribution in [1.82, 2.24) is 10.6 Å². The van der Waals surface area contributed by atoms with Crippen molar-refractivity contribution in [2.45, 2.75) is 53.4 Å².